The summed E-state index contributed by atoms with van der Waals surface area (Å²) in [6.07, 6.45) is 0.806. The molecule has 0 aliphatic heterocycles. The van der Waals surface area contributed by atoms with Gasteiger partial charge < -0.3 is 15.5 Å². The van der Waals surface area contributed by atoms with Crippen molar-refractivity contribution in [3.63, 3.8) is 0 Å². The van der Waals surface area contributed by atoms with Gasteiger partial charge in [-0.1, -0.05) is 6.07 Å². The molecule has 0 aliphatic carbocycles. The van der Waals surface area contributed by atoms with Crippen LogP contribution >= 0.6 is 11.3 Å². The molecule has 0 radical (unpaired) electrons. The fraction of sp³-hybridized carbons (Fsp3) is 0.333. The maximum Gasteiger partial charge on any atom is 0.279 e. The molecule has 2 rings (SSSR count). The number of amides is 2. The van der Waals surface area contributed by atoms with Crippen molar-refractivity contribution >= 4 is 28.8 Å². The van der Waals surface area contributed by atoms with Gasteiger partial charge in [0.2, 0.25) is 0 Å². The van der Waals surface area contributed by atoms with Crippen LogP contribution in [-0.2, 0) is 16.0 Å². The molecular formula is C18H23FN3O2S+. The molecule has 0 aliphatic rings. The van der Waals surface area contributed by atoms with Crippen LogP contribution in [0.1, 0.15) is 11.8 Å². The third-order valence-corrected chi connectivity index (χ3v) is 4.89. The fourth-order valence-electron chi connectivity index (χ4n) is 2.29. The standard InChI is InChI=1S/C18H22FN3O2S/c1-13(18(24)20-10-9-16-4-3-11-25-16)22(2)12-17(23)21-15-7-5-14(19)6-8-15/h3-8,11,13H,9-10,12H2,1-2H3,(H,20,24)(H,21,23)/p+1/t13-/m1/s1. The molecular weight excluding hydrogens is 341 g/mol. The molecule has 0 fully saturated rings. The third kappa shape index (κ3) is 6.28. The van der Waals surface area contributed by atoms with E-state index in [1.807, 2.05) is 17.5 Å². The van der Waals surface area contributed by atoms with Crippen LogP contribution in [0.2, 0.25) is 0 Å². The first kappa shape index (κ1) is 19.1. The molecule has 2 aromatic rings. The summed E-state index contributed by atoms with van der Waals surface area (Å²) in [6, 6.07) is 9.26. The van der Waals surface area contributed by atoms with Crippen LogP contribution in [0.3, 0.4) is 0 Å². The predicted molar refractivity (Wildman–Crippen MR) is 97.3 cm³/mol. The molecule has 0 bridgehead atoms. The Morgan fingerprint density at radius 2 is 1.96 bits per heavy atom. The molecule has 1 heterocycles. The number of thiophene rings is 1. The molecule has 7 heteroatoms. The Morgan fingerprint density at radius 1 is 1.24 bits per heavy atom. The van der Waals surface area contributed by atoms with Gasteiger partial charge in [-0.25, -0.2) is 4.39 Å². The second kappa shape index (κ2) is 9.29. The molecule has 1 aromatic heterocycles. The zero-order valence-electron chi connectivity index (χ0n) is 14.3. The van der Waals surface area contributed by atoms with Crippen molar-refractivity contribution in [3.05, 3.63) is 52.5 Å². The average molecular weight is 364 g/mol. The molecule has 1 aromatic carbocycles. The maximum atomic E-state index is 12.9. The number of carbonyl (C=O) groups is 2. The van der Waals surface area contributed by atoms with Gasteiger partial charge in [0.15, 0.2) is 12.6 Å². The highest BCUT2D eigenvalue weighted by Gasteiger charge is 2.23. The monoisotopic (exact) mass is 364 g/mol. The molecule has 0 saturated heterocycles. The number of carbonyl (C=O) groups excluding carboxylic acids is 2. The van der Waals surface area contributed by atoms with E-state index in [1.54, 1.807) is 25.3 Å². The predicted octanol–water partition coefficient (Wildman–Crippen LogP) is 1.09. The van der Waals surface area contributed by atoms with Crippen molar-refractivity contribution in [3.8, 4) is 0 Å². The Bertz CT molecular complexity index is 689. The summed E-state index contributed by atoms with van der Waals surface area (Å²) in [4.78, 5) is 26.3. The molecule has 3 N–H and O–H groups in total. The molecule has 0 saturated carbocycles. The molecule has 1 unspecified atom stereocenters. The van der Waals surface area contributed by atoms with Gasteiger partial charge in [0.05, 0.1) is 7.05 Å². The van der Waals surface area contributed by atoms with E-state index in [9.17, 15) is 14.0 Å². The van der Waals surface area contributed by atoms with E-state index >= 15 is 0 Å². The zero-order chi connectivity index (χ0) is 18.2. The van der Waals surface area contributed by atoms with Gasteiger partial charge in [-0.05, 0) is 49.1 Å². The summed E-state index contributed by atoms with van der Waals surface area (Å²) < 4.78 is 12.9. The Kier molecular flexibility index (Phi) is 7.09. The van der Waals surface area contributed by atoms with Crippen molar-refractivity contribution in [1.82, 2.24) is 5.32 Å². The number of anilines is 1. The molecule has 2 atom stereocenters. The van der Waals surface area contributed by atoms with E-state index in [-0.39, 0.29) is 30.2 Å². The minimum absolute atomic E-state index is 0.0800. The van der Waals surface area contributed by atoms with Gasteiger partial charge >= 0.3 is 0 Å². The van der Waals surface area contributed by atoms with Gasteiger partial charge in [0.25, 0.3) is 11.8 Å². The number of likely N-dealkylation sites (N-methyl/N-ethyl adjacent to an activating group) is 1. The van der Waals surface area contributed by atoms with Crippen LogP contribution in [0, 0.1) is 5.82 Å². The number of halogens is 1. The first-order valence-corrected chi connectivity index (χ1v) is 9.01. The van der Waals surface area contributed by atoms with E-state index in [0.717, 1.165) is 11.3 Å². The van der Waals surface area contributed by atoms with Crippen LogP contribution in [0.25, 0.3) is 0 Å². The van der Waals surface area contributed by atoms with Crippen LogP contribution in [0.5, 0.6) is 0 Å². The fourth-order valence-corrected chi connectivity index (χ4v) is 2.99. The number of quaternary nitrogens is 1. The number of hydrogen-bond donors (Lipinski definition) is 3. The normalized spacial score (nSPS) is 13.1. The first-order chi connectivity index (χ1) is 12.0. The average Bonchev–Trinajstić information content (AvgIpc) is 3.09. The minimum atomic E-state index is -0.353. The summed E-state index contributed by atoms with van der Waals surface area (Å²) >= 11 is 1.67. The third-order valence-electron chi connectivity index (χ3n) is 3.95. The smallest absolute Gasteiger partial charge is 0.279 e. The van der Waals surface area contributed by atoms with E-state index in [1.165, 1.54) is 29.1 Å². The summed E-state index contributed by atoms with van der Waals surface area (Å²) in [6.45, 7) is 2.52. The Labute approximate surface area is 150 Å². The topological polar surface area (TPSA) is 62.6 Å². The summed E-state index contributed by atoms with van der Waals surface area (Å²) in [5.74, 6) is -0.653. The van der Waals surface area contributed by atoms with Gasteiger partial charge in [-0.15, -0.1) is 11.3 Å². The quantitative estimate of drug-likeness (QED) is 0.657. The molecule has 134 valence electrons. The maximum absolute atomic E-state index is 12.9. The Morgan fingerprint density at radius 3 is 2.60 bits per heavy atom. The number of benzene rings is 1. The van der Waals surface area contributed by atoms with Gasteiger partial charge in [-0.2, -0.15) is 0 Å². The highest BCUT2D eigenvalue weighted by Crippen LogP contribution is 2.08. The largest absolute Gasteiger partial charge is 0.351 e. The van der Waals surface area contributed by atoms with Crippen molar-refractivity contribution in [2.75, 3.05) is 25.5 Å². The van der Waals surface area contributed by atoms with Crippen LogP contribution in [0.15, 0.2) is 41.8 Å². The van der Waals surface area contributed by atoms with Crippen molar-refractivity contribution in [1.29, 1.82) is 0 Å². The lowest BCUT2D eigenvalue weighted by atomic mass is 10.2. The highest BCUT2D eigenvalue weighted by atomic mass is 32.1. The molecule has 5 nitrogen and oxygen atoms in total. The van der Waals surface area contributed by atoms with E-state index in [4.69, 9.17) is 0 Å². The number of nitrogens with one attached hydrogen (secondary N) is 3. The van der Waals surface area contributed by atoms with Crippen molar-refractivity contribution < 1.29 is 18.9 Å². The summed E-state index contributed by atoms with van der Waals surface area (Å²) in [5, 5.41) is 7.61. The minimum Gasteiger partial charge on any atom is -0.351 e. The Balaban J connectivity index is 1.74. The number of rotatable bonds is 8. The zero-order valence-corrected chi connectivity index (χ0v) is 15.2. The lowest BCUT2D eigenvalue weighted by molar-refractivity contribution is -0.885. The Hall–Kier alpha value is -2.25. The van der Waals surface area contributed by atoms with E-state index in [2.05, 4.69) is 10.6 Å². The van der Waals surface area contributed by atoms with Gasteiger partial charge in [-0.3, -0.25) is 9.59 Å². The lowest BCUT2D eigenvalue weighted by Gasteiger charge is -2.20. The van der Waals surface area contributed by atoms with Gasteiger partial charge in [0.1, 0.15) is 5.82 Å². The second-order valence-electron chi connectivity index (χ2n) is 5.92. The number of hydrogen-bond acceptors (Lipinski definition) is 3. The van der Waals surface area contributed by atoms with Crippen LogP contribution in [-0.4, -0.2) is 38.0 Å². The highest BCUT2D eigenvalue weighted by molar-refractivity contribution is 7.09. The van der Waals surface area contributed by atoms with Crippen LogP contribution in [0.4, 0.5) is 10.1 Å². The molecule has 25 heavy (non-hydrogen) atoms. The molecule has 2 amide bonds. The van der Waals surface area contributed by atoms with Crippen molar-refractivity contribution in [2.45, 2.75) is 19.4 Å². The van der Waals surface area contributed by atoms with E-state index in [0.29, 0.717) is 12.2 Å². The molecule has 0 spiro atoms. The second-order valence-corrected chi connectivity index (χ2v) is 6.95. The SMILES string of the molecule is C[C@H](C(=O)NCCc1cccs1)[NH+](C)CC(=O)Nc1ccc(F)cc1. The van der Waals surface area contributed by atoms with Crippen LogP contribution < -0.4 is 15.5 Å². The van der Waals surface area contributed by atoms with Crippen molar-refractivity contribution in [2.24, 2.45) is 0 Å². The first-order valence-electron chi connectivity index (χ1n) is 8.13. The summed E-state index contributed by atoms with van der Waals surface area (Å²) in [7, 11) is 1.80. The van der Waals surface area contributed by atoms with Gasteiger partial charge in [0, 0.05) is 17.1 Å². The van der Waals surface area contributed by atoms with E-state index < -0.39 is 0 Å². The lowest BCUT2D eigenvalue weighted by Crippen LogP contribution is -3.15. The summed E-state index contributed by atoms with van der Waals surface area (Å²) in [5.41, 5.74) is 0.534.